The van der Waals surface area contributed by atoms with Crippen molar-refractivity contribution in [3.05, 3.63) is 24.0 Å². The Morgan fingerprint density at radius 3 is 2.75 bits per heavy atom. The molecule has 90 valence electrons. The van der Waals surface area contributed by atoms with E-state index in [1.807, 2.05) is 0 Å². The van der Waals surface area contributed by atoms with Crippen molar-refractivity contribution in [2.45, 2.75) is 4.90 Å². The first kappa shape index (κ1) is 12.9. The highest BCUT2D eigenvalue weighted by Crippen LogP contribution is 2.15. The molecule has 1 rings (SSSR count). The number of hydrogen-bond acceptors (Lipinski definition) is 4. The smallest absolute Gasteiger partial charge is 0.240 e. The fourth-order valence-electron chi connectivity index (χ4n) is 1.04. The van der Waals surface area contributed by atoms with Gasteiger partial charge in [-0.05, 0) is 18.2 Å². The quantitative estimate of drug-likeness (QED) is 0.581. The number of hydrogen-bond donors (Lipinski definition) is 2. The summed E-state index contributed by atoms with van der Waals surface area (Å²) in [6.07, 6.45) is 0. The number of anilines is 1. The molecule has 0 heterocycles. The monoisotopic (exact) mass is 248 g/mol. The number of nitrogen functional groups attached to an aromatic ring is 1. The highest BCUT2D eigenvalue weighted by molar-refractivity contribution is 7.89. The van der Waals surface area contributed by atoms with Gasteiger partial charge in [0.1, 0.15) is 5.82 Å². The first-order chi connectivity index (χ1) is 7.47. The lowest BCUT2D eigenvalue weighted by atomic mass is 10.3. The maximum absolute atomic E-state index is 13.1. The molecule has 16 heavy (non-hydrogen) atoms. The minimum Gasteiger partial charge on any atom is -0.396 e. The van der Waals surface area contributed by atoms with E-state index in [4.69, 9.17) is 10.5 Å². The van der Waals surface area contributed by atoms with Crippen LogP contribution in [0.5, 0.6) is 0 Å². The Morgan fingerprint density at radius 2 is 2.19 bits per heavy atom. The van der Waals surface area contributed by atoms with E-state index in [1.54, 1.807) is 0 Å². The molecule has 0 saturated carbocycles. The van der Waals surface area contributed by atoms with Crippen LogP contribution in [0.3, 0.4) is 0 Å². The zero-order valence-electron chi connectivity index (χ0n) is 8.73. The van der Waals surface area contributed by atoms with Gasteiger partial charge in [-0.2, -0.15) is 0 Å². The van der Waals surface area contributed by atoms with E-state index < -0.39 is 15.8 Å². The van der Waals surface area contributed by atoms with Crippen molar-refractivity contribution in [2.75, 3.05) is 26.0 Å². The number of halogens is 1. The lowest BCUT2D eigenvalue weighted by molar-refractivity contribution is 0.204. The van der Waals surface area contributed by atoms with E-state index in [-0.39, 0.29) is 23.7 Å². The highest BCUT2D eigenvalue weighted by Gasteiger charge is 2.14. The van der Waals surface area contributed by atoms with E-state index >= 15 is 0 Å². The van der Waals surface area contributed by atoms with Gasteiger partial charge in [-0.3, -0.25) is 0 Å². The lowest BCUT2D eigenvalue weighted by Gasteiger charge is -2.06. The standard InChI is InChI=1S/C9H13FN2O3S/c1-15-5-4-12-16(13,14)7-2-3-9(11)8(10)6-7/h2-3,6,12H,4-5,11H2,1H3. The number of methoxy groups -OCH3 is 1. The summed E-state index contributed by atoms with van der Waals surface area (Å²) in [5, 5.41) is 0. The summed E-state index contributed by atoms with van der Waals surface area (Å²) in [6, 6.07) is 3.33. The third kappa shape index (κ3) is 3.16. The number of nitrogens with one attached hydrogen (secondary N) is 1. The van der Waals surface area contributed by atoms with Crippen molar-refractivity contribution in [3.63, 3.8) is 0 Å². The third-order valence-corrected chi connectivity index (χ3v) is 3.34. The molecule has 0 saturated heterocycles. The molecule has 0 fully saturated rings. The molecule has 0 aliphatic rings. The largest absolute Gasteiger partial charge is 0.396 e. The Bertz CT molecular complexity index is 462. The van der Waals surface area contributed by atoms with E-state index in [2.05, 4.69) is 4.72 Å². The van der Waals surface area contributed by atoms with Crippen LogP contribution in [0, 0.1) is 5.82 Å². The molecule has 5 nitrogen and oxygen atoms in total. The Morgan fingerprint density at radius 1 is 1.50 bits per heavy atom. The second-order valence-corrected chi connectivity index (χ2v) is 4.84. The van der Waals surface area contributed by atoms with Crippen LogP contribution in [-0.4, -0.2) is 28.7 Å². The molecule has 3 N–H and O–H groups in total. The van der Waals surface area contributed by atoms with Gasteiger partial charge in [0.15, 0.2) is 0 Å². The van der Waals surface area contributed by atoms with Crippen molar-refractivity contribution in [3.8, 4) is 0 Å². The fraction of sp³-hybridized carbons (Fsp3) is 0.333. The Balaban J connectivity index is 2.86. The van der Waals surface area contributed by atoms with Gasteiger partial charge in [0.05, 0.1) is 17.2 Å². The molecule has 7 heteroatoms. The first-order valence-corrected chi connectivity index (χ1v) is 5.99. The maximum Gasteiger partial charge on any atom is 0.240 e. The normalized spacial score (nSPS) is 11.6. The average molecular weight is 248 g/mol. The van der Waals surface area contributed by atoms with E-state index in [1.165, 1.54) is 19.2 Å². The summed E-state index contributed by atoms with van der Waals surface area (Å²) < 4.78 is 43.2. The zero-order chi connectivity index (χ0) is 12.2. The van der Waals surface area contributed by atoms with Crippen LogP contribution in [0.2, 0.25) is 0 Å². The van der Waals surface area contributed by atoms with Crippen LogP contribution in [0.15, 0.2) is 23.1 Å². The Labute approximate surface area is 93.5 Å². The minimum atomic E-state index is -3.70. The van der Waals surface area contributed by atoms with Gasteiger partial charge in [-0.25, -0.2) is 17.5 Å². The molecule has 0 spiro atoms. The van der Waals surface area contributed by atoms with Gasteiger partial charge in [0.25, 0.3) is 0 Å². The number of nitrogens with two attached hydrogens (primary N) is 1. The van der Waals surface area contributed by atoms with Crippen molar-refractivity contribution in [2.24, 2.45) is 0 Å². The molecule has 1 aromatic carbocycles. The topological polar surface area (TPSA) is 81.4 Å². The van der Waals surface area contributed by atoms with Gasteiger partial charge >= 0.3 is 0 Å². The summed E-state index contributed by atoms with van der Waals surface area (Å²) >= 11 is 0. The summed E-state index contributed by atoms with van der Waals surface area (Å²) in [5.74, 6) is -0.755. The Hall–Kier alpha value is -1.18. The molecular formula is C9H13FN2O3S. The van der Waals surface area contributed by atoms with E-state index in [0.717, 1.165) is 6.07 Å². The SMILES string of the molecule is COCCNS(=O)(=O)c1ccc(N)c(F)c1. The highest BCUT2D eigenvalue weighted by atomic mass is 32.2. The summed E-state index contributed by atoms with van der Waals surface area (Å²) in [6.45, 7) is 0.377. The van der Waals surface area contributed by atoms with Crippen LogP contribution < -0.4 is 10.5 Å². The second kappa shape index (κ2) is 5.24. The molecule has 1 aromatic rings. The third-order valence-electron chi connectivity index (χ3n) is 1.88. The molecule has 0 unspecified atom stereocenters. The lowest BCUT2D eigenvalue weighted by Crippen LogP contribution is -2.27. The van der Waals surface area contributed by atoms with Crippen LogP contribution >= 0.6 is 0 Å². The maximum atomic E-state index is 13.1. The number of rotatable bonds is 5. The van der Waals surface area contributed by atoms with Crippen LogP contribution in [0.4, 0.5) is 10.1 Å². The minimum absolute atomic E-state index is 0.0872. The Kier molecular flexibility index (Phi) is 4.22. The van der Waals surface area contributed by atoms with Gasteiger partial charge in [-0.1, -0.05) is 0 Å². The van der Waals surface area contributed by atoms with Gasteiger partial charge in [0, 0.05) is 13.7 Å². The number of benzene rings is 1. The van der Waals surface area contributed by atoms with Crippen molar-refractivity contribution >= 4 is 15.7 Å². The average Bonchev–Trinajstić information content (AvgIpc) is 2.22. The number of ether oxygens (including phenoxy) is 1. The van der Waals surface area contributed by atoms with Crippen LogP contribution in [-0.2, 0) is 14.8 Å². The van der Waals surface area contributed by atoms with E-state index in [0.29, 0.717) is 0 Å². The summed E-state index contributed by atoms with van der Waals surface area (Å²) in [5.41, 5.74) is 5.16. The summed E-state index contributed by atoms with van der Waals surface area (Å²) in [4.78, 5) is -0.157. The van der Waals surface area contributed by atoms with Crippen molar-refractivity contribution < 1.29 is 17.5 Å². The second-order valence-electron chi connectivity index (χ2n) is 3.07. The molecule has 0 aliphatic carbocycles. The van der Waals surface area contributed by atoms with Gasteiger partial charge in [-0.15, -0.1) is 0 Å². The van der Waals surface area contributed by atoms with E-state index in [9.17, 15) is 12.8 Å². The molecule has 0 aliphatic heterocycles. The molecule has 0 bridgehead atoms. The van der Waals surface area contributed by atoms with Gasteiger partial charge < -0.3 is 10.5 Å². The predicted molar refractivity (Wildman–Crippen MR) is 57.9 cm³/mol. The molecular weight excluding hydrogens is 235 g/mol. The van der Waals surface area contributed by atoms with Crippen LogP contribution in [0.25, 0.3) is 0 Å². The first-order valence-electron chi connectivity index (χ1n) is 4.51. The molecule has 0 radical (unpaired) electrons. The zero-order valence-corrected chi connectivity index (χ0v) is 9.55. The molecule has 0 amide bonds. The fourth-order valence-corrected chi connectivity index (χ4v) is 2.06. The van der Waals surface area contributed by atoms with Crippen LogP contribution in [0.1, 0.15) is 0 Å². The van der Waals surface area contributed by atoms with Gasteiger partial charge in [0.2, 0.25) is 10.0 Å². The molecule has 0 atom stereocenters. The van der Waals surface area contributed by atoms with Crippen molar-refractivity contribution in [1.29, 1.82) is 0 Å². The number of sulfonamides is 1. The molecule has 0 aromatic heterocycles. The predicted octanol–water partition coefficient (Wildman–Crippen LogP) is 0.333. The van der Waals surface area contributed by atoms with Crippen molar-refractivity contribution in [1.82, 2.24) is 4.72 Å². The summed E-state index contributed by atoms with van der Waals surface area (Å²) in [7, 11) is -2.24.